The topological polar surface area (TPSA) is 87.1 Å². The Hall–Kier alpha value is -4.18. The maximum absolute atomic E-state index is 12.9. The van der Waals surface area contributed by atoms with Crippen LogP contribution in [0.5, 0.6) is 11.5 Å². The average Bonchev–Trinajstić information content (AvgIpc) is 3.35. The molecule has 0 saturated carbocycles. The maximum Gasteiger partial charge on any atom is 0.261 e. The van der Waals surface area contributed by atoms with Crippen LogP contribution in [0.25, 0.3) is 17.0 Å². The number of para-hydroxylation sites is 1. The fourth-order valence-electron chi connectivity index (χ4n) is 4.35. The molecule has 4 aromatic rings. The lowest BCUT2D eigenvalue weighted by Crippen LogP contribution is -2.26. The van der Waals surface area contributed by atoms with Gasteiger partial charge in [0.25, 0.3) is 5.91 Å². The number of hydrogen-bond acceptors (Lipinski definition) is 4. The van der Waals surface area contributed by atoms with Crippen LogP contribution < -0.4 is 14.8 Å². The van der Waals surface area contributed by atoms with Crippen molar-refractivity contribution >= 4 is 46.1 Å². The summed E-state index contributed by atoms with van der Waals surface area (Å²) in [7, 11) is 0. The molecule has 1 amide bonds. The molecule has 0 spiro atoms. The molecule has 0 aliphatic rings. The number of carbonyl (C=O) groups is 1. The van der Waals surface area contributed by atoms with E-state index in [1.54, 1.807) is 30.4 Å². The number of hydrogen-bond donors (Lipinski definition) is 2. The van der Waals surface area contributed by atoms with Gasteiger partial charge >= 0.3 is 0 Å². The Labute approximate surface area is 243 Å². The predicted molar refractivity (Wildman–Crippen MR) is 161 cm³/mol. The zero-order chi connectivity index (χ0) is 28.5. The van der Waals surface area contributed by atoms with E-state index in [1.807, 2.05) is 55.6 Å². The van der Waals surface area contributed by atoms with E-state index in [0.717, 1.165) is 27.6 Å². The summed E-state index contributed by atoms with van der Waals surface area (Å²) in [6.07, 6.45) is 6.37. The first kappa shape index (κ1) is 28.8. The second-order valence-electron chi connectivity index (χ2n) is 8.99. The first-order valence-electron chi connectivity index (χ1n) is 12.9. The Kier molecular flexibility index (Phi) is 9.91. The number of allylic oxidation sites excluding steroid dienone is 1. The van der Waals surface area contributed by atoms with Crippen LogP contribution in [0.15, 0.2) is 79.0 Å². The minimum absolute atomic E-state index is 0.00690. The van der Waals surface area contributed by atoms with Crippen molar-refractivity contribution in [3.63, 3.8) is 0 Å². The van der Waals surface area contributed by atoms with Crippen molar-refractivity contribution in [2.45, 2.75) is 26.4 Å². The van der Waals surface area contributed by atoms with Crippen LogP contribution in [-0.2, 0) is 24.2 Å². The van der Waals surface area contributed by atoms with E-state index >= 15 is 0 Å². The second kappa shape index (κ2) is 13.7. The number of ether oxygens (including phenoxy) is 2. The highest BCUT2D eigenvalue weighted by atomic mass is 35.5. The Balaban J connectivity index is 1.53. The number of aromatic amines is 1. The van der Waals surface area contributed by atoms with Gasteiger partial charge in [-0.3, -0.25) is 4.79 Å². The first-order chi connectivity index (χ1) is 19.4. The number of nitrogens with one attached hydrogen (secondary N) is 2. The maximum atomic E-state index is 12.9. The van der Waals surface area contributed by atoms with Crippen molar-refractivity contribution in [1.82, 2.24) is 10.3 Å². The highest BCUT2D eigenvalue weighted by Gasteiger charge is 2.16. The Morgan fingerprint density at radius 2 is 1.93 bits per heavy atom. The van der Waals surface area contributed by atoms with Gasteiger partial charge in [-0.1, -0.05) is 53.5 Å². The number of fused-ring (bicyclic) bond motifs is 1. The molecule has 0 aliphatic heterocycles. The lowest BCUT2D eigenvalue weighted by Gasteiger charge is -2.17. The smallest absolute Gasteiger partial charge is 0.261 e. The largest absolute Gasteiger partial charge is 0.490 e. The molecule has 40 heavy (non-hydrogen) atoms. The molecule has 0 atom stereocenters. The molecule has 8 heteroatoms. The number of nitriles is 1. The summed E-state index contributed by atoms with van der Waals surface area (Å²) in [4.78, 5) is 16.1. The van der Waals surface area contributed by atoms with E-state index in [2.05, 4.69) is 16.9 Å². The molecular formula is C32H29Cl2N3O3. The van der Waals surface area contributed by atoms with Gasteiger partial charge in [-0.15, -0.1) is 6.58 Å². The molecule has 204 valence electrons. The minimum Gasteiger partial charge on any atom is -0.490 e. The van der Waals surface area contributed by atoms with Crippen LogP contribution in [0, 0.1) is 11.3 Å². The van der Waals surface area contributed by atoms with Crippen molar-refractivity contribution in [3.8, 4) is 17.6 Å². The highest BCUT2D eigenvalue weighted by molar-refractivity contribution is 6.35. The summed E-state index contributed by atoms with van der Waals surface area (Å²) in [5, 5.41) is 14.8. The molecule has 2 N–H and O–H groups in total. The molecule has 0 radical (unpaired) electrons. The third-order valence-corrected chi connectivity index (χ3v) is 6.82. The molecule has 0 fully saturated rings. The number of nitrogens with zero attached hydrogens (tertiary/aromatic N) is 1. The monoisotopic (exact) mass is 573 g/mol. The summed E-state index contributed by atoms with van der Waals surface area (Å²) in [5.74, 6) is 0.602. The fraction of sp³-hybridized carbons (Fsp3) is 0.188. The van der Waals surface area contributed by atoms with E-state index in [9.17, 15) is 10.1 Å². The third kappa shape index (κ3) is 7.06. The van der Waals surface area contributed by atoms with Gasteiger partial charge in [-0.05, 0) is 67.3 Å². The number of aromatic nitrogens is 1. The number of benzene rings is 3. The molecule has 4 rings (SSSR count). The second-order valence-corrected chi connectivity index (χ2v) is 9.84. The molecule has 1 aromatic heterocycles. The van der Waals surface area contributed by atoms with Crippen molar-refractivity contribution in [2.24, 2.45) is 0 Å². The molecule has 3 aromatic carbocycles. The third-order valence-electron chi connectivity index (χ3n) is 6.24. The summed E-state index contributed by atoms with van der Waals surface area (Å²) in [6, 6.07) is 18.9. The molecular weight excluding hydrogens is 545 g/mol. The van der Waals surface area contributed by atoms with Crippen LogP contribution in [0.4, 0.5) is 0 Å². The number of carbonyl (C=O) groups excluding carboxylic acids is 1. The molecule has 6 nitrogen and oxygen atoms in total. The standard InChI is InChI=1S/C32H29Cl2N3O3/c1-3-7-22-14-21(16-30(39-4-2)31(22)40-20-24-10-11-26(33)17-28(24)34)15-25(18-35)32(38)36-13-12-23-19-37-29-9-6-5-8-27(23)29/h3,5-6,8-11,14-17,19,37H,1,4,7,12-13,20H2,2H3,(H,36,38)/b25-15-. The zero-order valence-electron chi connectivity index (χ0n) is 22.1. The summed E-state index contributed by atoms with van der Waals surface area (Å²) >= 11 is 12.3. The Morgan fingerprint density at radius 3 is 2.67 bits per heavy atom. The zero-order valence-corrected chi connectivity index (χ0v) is 23.6. The summed E-state index contributed by atoms with van der Waals surface area (Å²) in [6.45, 7) is 6.73. The SMILES string of the molecule is C=CCc1cc(/C=C(/C#N)C(=O)NCCc2c[nH]c3ccccc23)cc(OCC)c1OCc1ccc(Cl)cc1Cl. The lowest BCUT2D eigenvalue weighted by molar-refractivity contribution is -0.117. The van der Waals surface area contributed by atoms with E-state index in [1.165, 1.54) is 0 Å². The van der Waals surface area contributed by atoms with Gasteiger partial charge in [0, 0.05) is 44.8 Å². The highest BCUT2D eigenvalue weighted by Crippen LogP contribution is 2.36. The average molecular weight is 575 g/mol. The summed E-state index contributed by atoms with van der Waals surface area (Å²) in [5.41, 5.74) is 4.36. The molecule has 1 heterocycles. The number of halogens is 2. The van der Waals surface area contributed by atoms with Gasteiger partial charge in [-0.25, -0.2) is 0 Å². The van der Waals surface area contributed by atoms with Crippen LogP contribution in [-0.4, -0.2) is 24.0 Å². The minimum atomic E-state index is -0.441. The Bertz CT molecular complexity index is 1600. The molecule has 0 aliphatic carbocycles. The van der Waals surface area contributed by atoms with E-state index < -0.39 is 5.91 Å². The number of H-pyrrole nitrogens is 1. The molecule has 0 bridgehead atoms. The van der Waals surface area contributed by atoms with Crippen LogP contribution in [0.2, 0.25) is 10.0 Å². The Morgan fingerprint density at radius 1 is 1.10 bits per heavy atom. The van der Waals surface area contributed by atoms with Crippen LogP contribution in [0.3, 0.4) is 0 Å². The molecule has 0 unspecified atom stereocenters. The van der Waals surface area contributed by atoms with Gasteiger partial charge < -0.3 is 19.8 Å². The van der Waals surface area contributed by atoms with Gasteiger partial charge in [0.1, 0.15) is 18.2 Å². The first-order valence-corrected chi connectivity index (χ1v) is 13.6. The van der Waals surface area contributed by atoms with Crippen LogP contribution in [0.1, 0.15) is 29.2 Å². The fourth-order valence-corrected chi connectivity index (χ4v) is 4.81. The van der Waals surface area contributed by atoms with E-state index in [-0.39, 0.29) is 12.2 Å². The van der Waals surface area contributed by atoms with Gasteiger partial charge in [0.15, 0.2) is 11.5 Å². The summed E-state index contributed by atoms with van der Waals surface area (Å²) < 4.78 is 12.1. The van der Waals surface area contributed by atoms with Crippen molar-refractivity contribution in [3.05, 3.63) is 111 Å². The van der Waals surface area contributed by atoms with Crippen molar-refractivity contribution < 1.29 is 14.3 Å². The van der Waals surface area contributed by atoms with Crippen molar-refractivity contribution in [2.75, 3.05) is 13.2 Å². The van der Waals surface area contributed by atoms with Crippen molar-refractivity contribution in [1.29, 1.82) is 5.26 Å². The number of amides is 1. The van der Waals surface area contributed by atoms with Crippen LogP contribution >= 0.6 is 23.2 Å². The van der Waals surface area contributed by atoms with Gasteiger partial charge in [0.05, 0.1) is 6.61 Å². The van der Waals surface area contributed by atoms with E-state index in [0.29, 0.717) is 53.1 Å². The number of rotatable bonds is 12. The quantitative estimate of drug-likeness (QED) is 0.105. The normalized spacial score (nSPS) is 11.2. The molecule has 0 saturated heterocycles. The van der Waals surface area contributed by atoms with Gasteiger partial charge in [-0.2, -0.15) is 5.26 Å². The predicted octanol–water partition coefficient (Wildman–Crippen LogP) is 7.45. The van der Waals surface area contributed by atoms with E-state index in [4.69, 9.17) is 32.7 Å². The van der Waals surface area contributed by atoms with Gasteiger partial charge in [0.2, 0.25) is 0 Å². The lowest BCUT2D eigenvalue weighted by atomic mass is 10.0.